The molecule has 1 aromatic carbocycles. The van der Waals surface area contributed by atoms with Crippen LogP contribution in [0.4, 0.5) is 0 Å². The molecule has 9 atom stereocenters. The Bertz CT molecular complexity index is 1430. The first-order valence-electron chi connectivity index (χ1n) is 17.9. The van der Waals surface area contributed by atoms with E-state index in [9.17, 15) is 14.7 Å². The standard InChI is InChI=1S/C40H59NO5/c1-35(2)31-12-16-40(7)33(38(31,5)15-13-32(35)43)28(42)23-26-27-24-37(4,18-17-36(27,3)19-20-39(26,40)6)34(44)41-21-14-25-10-11-29(45-8)30(22-25)46-9/h10-11,22-23,27,31-33,43H,12-21,24H2,1-9H3,(H,41,44)/t27-,31-,32-,33+,36+,37-,38-,39+,40+/m0/s1. The largest absolute Gasteiger partial charge is 0.493 e. The first-order chi connectivity index (χ1) is 21.5. The zero-order valence-electron chi connectivity index (χ0n) is 30.0. The van der Waals surface area contributed by atoms with Crippen molar-refractivity contribution in [3.8, 4) is 11.5 Å². The summed E-state index contributed by atoms with van der Waals surface area (Å²) in [4.78, 5) is 28.5. The average Bonchev–Trinajstić information content (AvgIpc) is 3.01. The van der Waals surface area contributed by atoms with Crippen molar-refractivity contribution in [3.63, 3.8) is 0 Å². The first-order valence-corrected chi connectivity index (χ1v) is 17.9. The van der Waals surface area contributed by atoms with E-state index in [1.54, 1.807) is 14.2 Å². The lowest BCUT2D eigenvalue weighted by molar-refractivity contribution is -0.202. The molecule has 254 valence electrons. The Kier molecular flexibility index (Phi) is 8.10. The summed E-state index contributed by atoms with van der Waals surface area (Å²) in [5.41, 5.74) is 1.54. The lowest BCUT2D eigenvalue weighted by atomic mass is 9.33. The molecular formula is C40H59NO5. The second-order valence-corrected chi connectivity index (χ2v) is 17.8. The minimum Gasteiger partial charge on any atom is -0.493 e. The predicted molar refractivity (Wildman–Crippen MR) is 182 cm³/mol. The third-order valence-corrected chi connectivity index (χ3v) is 15.2. The minimum atomic E-state index is -0.477. The Morgan fingerprint density at radius 1 is 0.913 bits per heavy atom. The maximum atomic E-state index is 14.6. The normalized spacial score (nSPS) is 42.8. The van der Waals surface area contributed by atoms with Crippen molar-refractivity contribution in [2.24, 2.45) is 50.2 Å². The zero-order valence-corrected chi connectivity index (χ0v) is 30.0. The molecule has 4 saturated carbocycles. The lowest BCUT2D eigenvalue weighted by Gasteiger charge is -2.70. The Morgan fingerprint density at radius 2 is 1.61 bits per heavy atom. The van der Waals surface area contributed by atoms with Gasteiger partial charge in [0.2, 0.25) is 5.91 Å². The van der Waals surface area contributed by atoms with Gasteiger partial charge in [-0.15, -0.1) is 0 Å². The summed E-state index contributed by atoms with van der Waals surface area (Å²) in [6.45, 7) is 16.9. The van der Waals surface area contributed by atoms with Gasteiger partial charge >= 0.3 is 0 Å². The summed E-state index contributed by atoms with van der Waals surface area (Å²) in [7, 11) is 3.27. The quantitative estimate of drug-likeness (QED) is 0.335. The van der Waals surface area contributed by atoms with Crippen molar-refractivity contribution >= 4 is 11.7 Å². The molecule has 0 bridgehead atoms. The van der Waals surface area contributed by atoms with Crippen LogP contribution in [-0.2, 0) is 16.0 Å². The second kappa shape index (κ2) is 11.1. The molecular weight excluding hydrogens is 574 g/mol. The molecule has 0 aromatic heterocycles. The first kappa shape index (κ1) is 33.6. The summed E-state index contributed by atoms with van der Waals surface area (Å²) in [6.07, 6.45) is 11.2. The molecule has 2 N–H and O–H groups in total. The van der Waals surface area contributed by atoms with Crippen LogP contribution in [0.3, 0.4) is 0 Å². The summed E-state index contributed by atoms with van der Waals surface area (Å²) in [5, 5.41) is 14.3. The highest BCUT2D eigenvalue weighted by molar-refractivity contribution is 5.95. The van der Waals surface area contributed by atoms with E-state index >= 15 is 0 Å². The minimum absolute atomic E-state index is 0.0292. The molecule has 0 saturated heterocycles. The molecule has 6 nitrogen and oxygen atoms in total. The summed E-state index contributed by atoms with van der Waals surface area (Å²) >= 11 is 0. The van der Waals surface area contributed by atoms with E-state index in [2.05, 4.69) is 59.9 Å². The third-order valence-electron chi connectivity index (χ3n) is 15.2. The van der Waals surface area contributed by atoms with Gasteiger partial charge in [0, 0.05) is 17.9 Å². The Labute approximate surface area is 277 Å². The number of hydrogen-bond donors (Lipinski definition) is 2. The molecule has 6 heteroatoms. The topological polar surface area (TPSA) is 84.9 Å². The lowest BCUT2D eigenvalue weighted by Crippen LogP contribution is -2.66. The SMILES string of the molecule is COc1ccc(CCNC(=O)[C@@]2(C)CC[C@]3(C)CC[C@]4(C)C(=CC(=O)[C@@H]5[C@@]6(C)CC[C@H](O)C(C)(C)[C@@H]6CC[C@]54C)[C@@H]3C2)cc1OC. The van der Waals surface area contributed by atoms with Crippen LogP contribution in [0.2, 0.25) is 0 Å². The van der Waals surface area contributed by atoms with E-state index < -0.39 is 5.41 Å². The van der Waals surface area contributed by atoms with E-state index in [-0.39, 0.29) is 50.9 Å². The Hall–Kier alpha value is -2.34. The number of aliphatic hydroxyl groups is 1. The number of aliphatic hydroxyl groups excluding tert-OH is 1. The summed E-state index contributed by atoms with van der Waals surface area (Å²) in [6, 6.07) is 5.91. The highest BCUT2D eigenvalue weighted by Gasteiger charge is 2.70. The second-order valence-electron chi connectivity index (χ2n) is 17.8. The monoisotopic (exact) mass is 633 g/mol. The Balaban J connectivity index is 1.25. The summed E-state index contributed by atoms with van der Waals surface area (Å²) < 4.78 is 10.8. The van der Waals surface area contributed by atoms with Crippen molar-refractivity contribution in [2.45, 2.75) is 119 Å². The van der Waals surface area contributed by atoms with Gasteiger partial charge in [-0.2, -0.15) is 0 Å². The fraction of sp³-hybridized carbons (Fsp3) is 0.750. The smallest absolute Gasteiger partial charge is 0.225 e. The molecule has 0 unspecified atom stereocenters. The van der Waals surface area contributed by atoms with Gasteiger partial charge in [0.25, 0.3) is 0 Å². The zero-order chi connectivity index (χ0) is 33.5. The van der Waals surface area contributed by atoms with Gasteiger partial charge in [0.1, 0.15) is 0 Å². The molecule has 0 aliphatic heterocycles. The molecule has 1 aromatic rings. The third kappa shape index (κ3) is 4.73. The van der Waals surface area contributed by atoms with E-state index in [0.717, 1.165) is 63.4 Å². The number of allylic oxidation sites excluding steroid dienone is 2. The molecule has 5 aliphatic rings. The van der Waals surface area contributed by atoms with Crippen molar-refractivity contribution < 1.29 is 24.2 Å². The van der Waals surface area contributed by atoms with Crippen molar-refractivity contribution in [1.82, 2.24) is 5.32 Å². The molecule has 0 heterocycles. The molecule has 4 fully saturated rings. The van der Waals surface area contributed by atoms with Crippen LogP contribution in [0.1, 0.15) is 112 Å². The van der Waals surface area contributed by atoms with Gasteiger partial charge in [-0.25, -0.2) is 0 Å². The maximum absolute atomic E-state index is 14.6. The van der Waals surface area contributed by atoms with Crippen LogP contribution in [0.5, 0.6) is 11.5 Å². The van der Waals surface area contributed by atoms with Gasteiger partial charge < -0.3 is 19.9 Å². The number of carbonyl (C=O) groups is 2. The fourth-order valence-electron chi connectivity index (χ4n) is 11.9. The van der Waals surface area contributed by atoms with Crippen molar-refractivity contribution in [1.29, 1.82) is 0 Å². The fourth-order valence-corrected chi connectivity index (χ4v) is 11.9. The molecule has 1 amide bonds. The van der Waals surface area contributed by atoms with Gasteiger partial charge in [0.05, 0.1) is 20.3 Å². The number of carbonyl (C=O) groups excluding carboxylic acids is 2. The van der Waals surface area contributed by atoms with Crippen LogP contribution in [0, 0.1) is 50.2 Å². The number of ketones is 1. The average molecular weight is 634 g/mol. The highest BCUT2D eigenvalue weighted by Crippen LogP contribution is 2.75. The predicted octanol–water partition coefficient (Wildman–Crippen LogP) is 7.70. The number of methoxy groups -OCH3 is 2. The van der Waals surface area contributed by atoms with E-state index in [1.807, 2.05) is 18.2 Å². The Morgan fingerprint density at radius 3 is 2.30 bits per heavy atom. The maximum Gasteiger partial charge on any atom is 0.225 e. The van der Waals surface area contributed by atoms with Crippen LogP contribution < -0.4 is 14.8 Å². The van der Waals surface area contributed by atoms with Crippen LogP contribution in [0.25, 0.3) is 0 Å². The number of nitrogens with one attached hydrogen (secondary N) is 1. The van der Waals surface area contributed by atoms with Gasteiger partial charge in [-0.05, 0) is 127 Å². The number of fused-ring (bicyclic) bond motifs is 7. The summed E-state index contributed by atoms with van der Waals surface area (Å²) in [5.74, 6) is 2.36. The van der Waals surface area contributed by atoms with E-state index in [0.29, 0.717) is 36.2 Å². The van der Waals surface area contributed by atoms with E-state index in [4.69, 9.17) is 9.47 Å². The van der Waals surface area contributed by atoms with Crippen LogP contribution in [0.15, 0.2) is 29.8 Å². The molecule has 0 radical (unpaired) electrons. The van der Waals surface area contributed by atoms with Gasteiger partial charge in [0.15, 0.2) is 17.3 Å². The van der Waals surface area contributed by atoms with E-state index in [1.165, 1.54) is 5.57 Å². The number of ether oxygens (including phenoxy) is 2. The number of hydrogen-bond acceptors (Lipinski definition) is 5. The number of amides is 1. The van der Waals surface area contributed by atoms with Crippen molar-refractivity contribution in [3.05, 3.63) is 35.4 Å². The molecule has 46 heavy (non-hydrogen) atoms. The van der Waals surface area contributed by atoms with Gasteiger partial charge in [-0.1, -0.05) is 60.1 Å². The highest BCUT2D eigenvalue weighted by atomic mass is 16.5. The van der Waals surface area contributed by atoms with Crippen LogP contribution >= 0.6 is 0 Å². The van der Waals surface area contributed by atoms with Crippen molar-refractivity contribution in [2.75, 3.05) is 20.8 Å². The van der Waals surface area contributed by atoms with Gasteiger partial charge in [-0.3, -0.25) is 9.59 Å². The molecule has 0 spiro atoms. The number of rotatable bonds is 6. The molecule has 5 aliphatic carbocycles. The molecule has 6 rings (SSSR count). The number of benzene rings is 1. The van der Waals surface area contributed by atoms with Crippen LogP contribution in [-0.4, -0.2) is 43.7 Å².